The first-order valence-corrected chi connectivity index (χ1v) is 36.8. The summed E-state index contributed by atoms with van der Waals surface area (Å²) in [6.07, 6.45) is 104. The van der Waals surface area contributed by atoms with E-state index in [1.54, 1.807) is 6.08 Å². The van der Waals surface area contributed by atoms with E-state index in [0.717, 1.165) is 109 Å². The third-order valence-corrected chi connectivity index (χ3v) is 16.0. The van der Waals surface area contributed by atoms with Crippen LogP contribution in [0.2, 0.25) is 0 Å². The van der Waals surface area contributed by atoms with Crippen LogP contribution >= 0.6 is 7.82 Å². The summed E-state index contributed by atoms with van der Waals surface area (Å²) < 4.78 is 23.4. The van der Waals surface area contributed by atoms with Crippen LogP contribution in [0.1, 0.15) is 277 Å². The molecular formula is C78H133N2O6P. The van der Waals surface area contributed by atoms with Crippen LogP contribution in [0.5, 0.6) is 0 Å². The molecule has 0 fully saturated rings. The molecule has 9 heteroatoms. The number of phosphoric ester groups is 1. The van der Waals surface area contributed by atoms with Crippen LogP contribution in [0.3, 0.4) is 0 Å². The first-order chi connectivity index (χ1) is 42.5. The number of carbonyl (C=O) groups is 1. The van der Waals surface area contributed by atoms with Crippen LogP contribution in [0.25, 0.3) is 0 Å². The molecule has 0 heterocycles. The van der Waals surface area contributed by atoms with Crippen molar-refractivity contribution in [1.29, 1.82) is 0 Å². The third kappa shape index (κ3) is 69.5. The van der Waals surface area contributed by atoms with E-state index in [0.29, 0.717) is 17.4 Å². The lowest BCUT2D eigenvalue weighted by molar-refractivity contribution is -0.870. The number of aliphatic hydroxyl groups excluding tert-OH is 1. The summed E-state index contributed by atoms with van der Waals surface area (Å²) in [7, 11) is 1.21. The van der Waals surface area contributed by atoms with E-state index in [1.165, 1.54) is 141 Å². The number of nitrogens with one attached hydrogen (secondary N) is 1. The fourth-order valence-electron chi connectivity index (χ4n) is 9.55. The molecule has 0 aromatic heterocycles. The number of unbranched alkanes of at least 4 members (excludes halogenated alkanes) is 26. The van der Waals surface area contributed by atoms with Crippen molar-refractivity contribution >= 4 is 13.7 Å². The second-order valence-electron chi connectivity index (χ2n) is 24.5. The van der Waals surface area contributed by atoms with Crippen molar-refractivity contribution in [1.82, 2.24) is 5.32 Å². The summed E-state index contributed by atoms with van der Waals surface area (Å²) in [5.74, 6) is -0.243. The molecule has 0 saturated carbocycles. The summed E-state index contributed by atoms with van der Waals surface area (Å²) in [4.78, 5) is 25.6. The number of nitrogens with zero attached hydrogens (tertiary/aromatic N) is 1. The first-order valence-electron chi connectivity index (χ1n) is 35.3. The molecule has 0 aromatic rings. The molecule has 0 aliphatic carbocycles. The van der Waals surface area contributed by atoms with E-state index in [1.807, 2.05) is 27.2 Å². The molecule has 3 atom stereocenters. The lowest BCUT2D eigenvalue weighted by atomic mass is 10.0. The van der Waals surface area contributed by atoms with Crippen molar-refractivity contribution in [3.05, 3.63) is 158 Å². The summed E-state index contributed by atoms with van der Waals surface area (Å²) in [5, 5.41) is 13.9. The van der Waals surface area contributed by atoms with Gasteiger partial charge in [0.2, 0.25) is 5.91 Å². The largest absolute Gasteiger partial charge is 0.756 e. The van der Waals surface area contributed by atoms with E-state index in [9.17, 15) is 19.4 Å². The maximum Gasteiger partial charge on any atom is 0.268 e. The molecule has 0 aliphatic heterocycles. The quantitative estimate of drug-likeness (QED) is 0.0272. The Bertz CT molecular complexity index is 1980. The average molecular weight is 1230 g/mol. The fraction of sp³-hybridized carbons (Fsp3) is 0.654. The van der Waals surface area contributed by atoms with Crippen molar-refractivity contribution in [2.75, 3.05) is 40.9 Å². The Hall–Kier alpha value is -3.88. The average Bonchev–Trinajstić information content (AvgIpc) is 3.69. The van der Waals surface area contributed by atoms with Gasteiger partial charge in [-0.3, -0.25) is 9.36 Å². The van der Waals surface area contributed by atoms with E-state index in [4.69, 9.17) is 9.05 Å². The Labute approximate surface area is 537 Å². The van der Waals surface area contributed by atoms with Crippen LogP contribution in [0.4, 0.5) is 0 Å². The molecule has 87 heavy (non-hydrogen) atoms. The molecule has 496 valence electrons. The number of aliphatic hydroxyl groups is 1. The van der Waals surface area contributed by atoms with Gasteiger partial charge in [-0.05, 0) is 109 Å². The monoisotopic (exact) mass is 1220 g/mol. The predicted octanol–water partition coefficient (Wildman–Crippen LogP) is 22.3. The highest BCUT2D eigenvalue weighted by Crippen LogP contribution is 2.38. The molecule has 0 aromatic carbocycles. The van der Waals surface area contributed by atoms with Gasteiger partial charge in [0, 0.05) is 6.42 Å². The highest BCUT2D eigenvalue weighted by molar-refractivity contribution is 7.45. The zero-order valence-corrected chi connectivity index (χ0v) is 57.6. The van der Waals surface area contributed by atoms with Gasteiger partial charge < -0.3 is 28.8 Å². The number of rotatable bonds is 63. The zero-order valence-electron chi connectivity index (χ0n) is 56.7. The van der Waals surface area contributed by atoms with E-state index >= 15 is 0 Å². The highest BCUT2D eigenvalue weighted by Gasteiger charge is 2.23. The van der Waals surface area contributed by atoms with Crippen molar-refractivity contribution < 1.29 is 32.9 Å². The van der Waals surface area contributed by atoms with Gasteiger partial charge in [-0.2, -0.15) is 0 Å². The Morgan fingerprint density at radius 3 is 1.02 bits per heavy atom. The number of hydrogen-bond acceptors (Lipinski definition) is 6. The maximum atomic E-state index is 13.0. The van der Waals surface area contributed by atoms with Gasteiger partial charge in [-0.15, -0.1) is 0 Å². The smallest absolute Gasteiger partial charge is 0.268 e. The number of phosphoric acid groups is 1. The zero-order chi connectivity index (χ0) is 63.4. The second kappa shape index (κ2) is 66.5. The molecule has 0 bridgehead atoms. The Morgan fingerprint density at radius 1 is 0.414 bits per heavy atom. The summed E-state index contributed by atoms with van der Waals surface area (Å²) in [6, 6.07) is -0.924. The Balaban J connectivity index is 4.24. The van der Waals surface area contributed by atoms with Crippen LogP contribution < -0.4 is 10.2 Å². The minimum atomic E-state index is -4.63. The third-order valence-electron chi connectivity index (χ3n) is 15.0. The van der Waals surface area contributed by atoms with Crippen LogP contribution in [0, 0.1) is 0 Å². The molecule has 0 saturated heterocycles. The van der Waals surface area contributed by atoms with Gasteiger partial charge in [0.05, 0.1) is 39.9 Å². The normalized spacial score (nSPS) is 14.6. The lowest BCUT2D eigenvalue weighted by Crippen LogP contribution is -2.45. The number of amides is 1. The van der Waals surface area contributed by atoms with Crippen molar-refractivity contribution in [2.24, 2.45) is 0 Å². The molecule has 0 radical (unpaired) electrons. The van der Waals surface area contributed by atoms with Crippen LogP contribution in [-0.4, -0.2) is 68.5 Å². The van der Waals surface area contributed by atoms with Crippen molar-refractivity contribution in [3.63, 3.8) is 0 Å². The summed E-state index contributed by atoms with van der Waals surface area (Å²) >= 11 is 0. The number of hydrogen-bond donors (Lipinski definition) is 2. The number of likely N-dealkylation sites (N-methyl/N-ethyl adjacent to an activating group) is 1. The summed E-state index contributed by atoms with van der Waals surface area (Å²) in [5.41, 5.74) is 0. The summed E-state index contributed by atoms with van der Waals surface area (Å²) in [6.45, 7) is 4.51. The molecular weight excluding hydrogens is 1090 g/mol. The molecule has 2 N–H and O–H groups in total. The Morgan fingerprint density at radius 2 is 0.701 bits per heavy atom. The van der Waals surface area contributed by atoms with Crippen LogP contribution in [0.15, 0.2) is 158 Å². The number of allylic oxidation sites excluding steroid dienone is 25. The van der Waals surface area contributed by atoms with E-state index < -0.39 is 26.6 Å². The van der Waals surface area contributed by atoms with Gasteiger partial charge in [-0.25, -0.2) is 0 Å². The van der Waals surface area contributed by atoms with Gasteiger partial charge in [0.15, 0.2) is 0 Å². The highest BCUT2D eigenvalue weighted by atomic mass is 31.2. The van der Waals surface area contributed by atoms with E-state index in [-0.39, 0.29) is 18.9 Å². The van der Waals surface area contributed by atoms with E-state index in [2.05, 4.69) is 165 Å². The topological polar surface area (TPSA) is 108 Å². The number of quaternary nitrogens is 1. The maximum absolute atomic E-state index is 13.0. The predicted molar refractivity (Wildman–Crippen MR) is 380 cm³/mol. The Kier molecular flexibility index (Phi) is 63.6. The molecule has 0 spiro atoms. The van der Waals surface area contributed by atoms with Gasteiger partial charge >= 0.3 is 0 Å². The van der Waals surface area contributed by atoms with Crippen molar-refractivity contribution in [3.8, 4) is 0 Å². The molecule has 0 rings (SSSR count). The van der Waals surface area contributed by atoms with Crippen LogP contribution in [-0.2, 0) is 18.4 Å². The number of carbonyl (C=O) groups excluding carboxylic acids is 1. The second-order valence-corrected chi connectivity index (χ2v) is 25.9. The fourth-order valence-corrected chi connectivity index (χ4v) is 10.3. The van der Waals surface area contributed by atoms with Gasteiger partial charge in [0.1, 0.15) is 13.2 Å². The standard InChI is InChI=1S/C78H133N2O6P/c1-6-8-10-12-14-16-18-20-22-24-26-28-30-32-34-35-36-37-38-39-40-41-42-43-44-45-46-48-50-52-54-56-58-60-62-64-66-68-70-72-78(82)79-76(75-86-87(83,84)85-74-73-80(3,4)5)77(81)71-69-67-65-63-61-59-57-55-53-51-49-47-33-31-29-27-25-23-21-19-17-15-13-11-9-7-2/h8,10,14,16,20,22,26,28,32,34,36-37,39-40,42-43,45-46,50,52,56,58,62,64,69,71,76-77,81H,6-7,9,11-13,15,17-19,21,23-25,27,29-31,33,35,38,41,44,47-49,51,53-55,57,59-61,63,65-68,70,72-75H2,1-5H3,(H-,79,82,83,84)/b10-8-,16-14-,22-20-,28-26-,34-32-,37-36-,40-39-,43-42-,46-45-,52-50-,58-56-,64-62-,71-69+. The van der Waals surface area contributed by atoms with Crippen molar-refractivity contribution in [2.45, 2.75) is 289 Å². The molecule has 0 aliphatic rings. The molecule has 1 amide bonds. The lowest BCUT2D eigenvalue weighted by Gasteiger charge is -2.29. The molecule has 8 nitrogen and oxygen atoms in total. The molecule has 3 unspecified atom stereocenters. The van der Waals surface area contributed by atoms with Gasteiger partial charge in [-0.1, -0.05) is 320 Å². The minimum Gasteiger partial charge on any atom is -0.756 e. The minimum absolute atomic E-state index is 0.0176. The first kappa shape index (κ1) is 83.1. The van der Waals surface area contributed by atoms with Gasteiger partial charge in [0.25, 0.3) is 7.82 Å². The SMILES string of the molecule is CC/C=C\C/C=C\C/C=C\C/C=C\C/C=C\C/C=C\C/C=C\C/C=C\C/C=C\C/C=C\C/C=C\C/C=C\CCCCC(=O)NC(COP(=O)([O-])OCC[N+](C)(C)C)C(O)/C=C/CCCCCCCCCCCCCCCCCCCCCCCCCC.